The van der Waals surface area contributed by atoms with Crippen LogP contribution in [0, 0.1) is 5.92 Å². The smallest absolute Gasteiger partial charge is 0.317 e. The van der Waals surface area contributed by atoms with Crippen LogP contribution in [0.1, 0.15) is 31.4 Å². The molecule has 3 rings (SSSR count). The standard InChI is InChI=1S/C24H31BrO7/c1-7-8-17-12-23(29-5)15(2)22(16-9-10-18(27-3)19(11-16)28-4)32-24(23,30-6)13-20(17)31-21(26)14-25/h7,9-12,15,20,22H,1,8,13-14H2,2-6H3/t15-,20+,22?,23+,24-/m1/s1. The molecule has 1 aliphatic carbocycles. The Morgan fingerprint density at radius 2 is 1.94 bits per heavy atom. The zero-order chi connectivity index (χ0) is 23.5. The number of rotatable bonds is 9. The quantitative estimate of drug-likeness (QED) is 0.277. The van der Waals surface area contributed by atoms with E-state index in [4.69, 9.17) is 28.4 Å². The first-order valence-corrected chi connectivity index (χ1v) is 11.5. The van der Waals surface area contributed by atoms with Gasteiger partial charge in [-0.1, -0.05) is 35.0 Å². The second-order valence-electron chi connectivity index (χ2n) is 7.92. The summed E-state index contributed by atoms with van der Waals surface area (Å²) in [5, 5.41) is 0.103. The molecule has 1 saturated heterocycles. The SMILES string of the molecule is C=CCC1=C[C@]2(OC)[C@H](C)C(c3ccc(OC)c(OC)c3)O[C@]2(OC)C[C@@H]1OC(=O)CBr. The Balaban J connectivity index is 2.09. The number of allylic oxidation sites excluding steroid dienone is 1. The summed E-state index contributed by atoms with van der Waals surface area (Å²) in [6.07, 6.45) is 3.76. The lowest BCUT2D eigenvalue weighted by Crippen LogP contribution is -2.59. The molecule has 1 aliphatic heterocycles. The molecule has 0 N–H and O–H groups in total. The van der Waals surface area contributed by atoms with E-state index in [9.17, 15) is 4.79 Å². The summed E-state index contributed by atoms with van der Waals surface area (Å²) >= 11 is 3.16. The van der Waals surface area contributed by atoms with Crippen molar-refractivity contribution < 1.29 is 33.2 Å². The van der Waals surface area contributed by atoms with Crippen molar-refractivity contribution in [2.24, 2.45) is 5.92 Å². The second-order valence-corrected chi connectivity index (χ2v) is 8.48. The van der Waals surface area contributed by atoms with Gasteiger partial charge in [0.2, 0.25) is 5.79 Å². The molecule has 1 aromatic rings. The Hall–Kier alpha value is -1.87. The van der Waals surface area contributed by atoms with Crippen LogP contribution in [0.3, 0.4) is 0 Å². The minimum Gasteiger partial charge on any atom is -0.493 e. The van der Waals surface area contributed by atoms with Crippen LogP contribution in [0.25, 0.3) is 0 Å². The number of hydrogen-bond donors (Lipinski definition) is 0. The third-order valence-corrected chi connectivity index (χ3v) is 6.94. The van der Waals surface area contributed by atoms with Gasteiger partial charge in [0.1, 0.15) is 17.0 Å². The molecular formula is C24H31BrO7. The fourth-order valence-corrected chi connectivity index (χ4v) is 5.04. The molecule has 2 aliphatic rings. The number of benzene rings is 1. The highest BCUT2D eigenvalue weighted by Gasteiger charge is 2.67. The summed E-state index contributed by atoms with van der Waals surface area (Å²) in [4.78, 5) is 12.1. The molecule has 0 bridgehead atoms. The molecule has 0 aromatic heterocycles. The van der Waals surface area contributed by atoms with E-state index in [1.165, 1.54) is 0 Å². The molecule has 176 valence electrons. The normalized spacial score (nSPS) is 31.4. The minimum atomic E-state index is -1.15. The molecule has 0 saturated carbocycles. The molecule has 0 radical (unpaired) electrons. The third-order valence-electron chi connectivity index (χ3n) is 6.48. The first kappa shape index (κ1) is 24.8. The Labute approximate surface area is 197 Å². The highest BCUT2D eigenvalue weighted by atomic mass is 79.9. The zero-order valence-corrected chi connectivity index (χ0v) is 20.8. The van der Waals surface area contributed by atoms with E-state index >= 15 is 0 Å². The Bertz CT molecular complexity index is 885. The maximum atomic E-state index is 12.1. The average Bonchev–Trinajstić information content (AvgIpc) is 3.07. The zero-order valence-electron chi connectivity index (χ0n) is 19.2. The van der Waals surface area contributed by atoms with E-state index < -0.39 is 17.5 Å². The van der Waals surface area contributed by atoms with Gasteiger partial charge in [0, 0.05) is 26.6 Å². The average molecular weight is 511 g/mol. The van der Waals surface area contributed by atoms with Gasteiger partial charge in [-0.3, -0.25) is 4.79 Å². The summed E-state index contributed by atoms with van der Waals surface area (Å²) < 4.78 is 35.4. The van der Waals surface area contributed by atoms with Crippen LogP contribution >= 0.6 is 15.9 Å². The maximum Gasteiger partial charge on any atom is 0.317 e. The van der Waals surface area contributed by atoms with Gasteiger partial charge in [-0.05, 0) is 35.8 Å². The first-order chi connectivity index (χ1) is 15.3. The summed E-state index contributed by atoms with van der Waals surface area (Å²) in [7, 11) is 6.44. The number of carbonyl (C=O) groups is 1. The number of halogens is 1. The van der Waals surface area contributed by atoms with Crippen LogP contribution in [0.15, 0.2) is 42.5 Å². The van der Waals surface area contributed by atoms with Crippen molar-refractivity contribution in [1.29, 1.82) is 0 Å². The van der Waals surface area contributed by atoms with Crippen LogP contribution in [0.2, 0.25) is 0 Å². The predicted molar refractivity (Wildman–Crippen MR) is 123 cm³/mol. The number of hydrogen-bond acceptors (Lipinski definition) is 7. The second kappa shape index (κ2) is 9.95. The van der Waals surface area contributed by atoms with Gasteiger partial charge in [-0.15, -0.1) is 6.58 Å². The fourth-order valence-electron chi connectivity index (χ4n) is 4.91. The van der Waals surface area contributed by atoms with E-state index in [-0.39, 0.29) is 23.3 Å². The monoisotopic (exact) mass is 510 g/mol. The minimum absolute atomic E-state index is 0.103. The van der Waals surface area contributed by atoms with Crippen LogP contribution < -0.4 is 9.47 Å². The number of methoxy groups -OCH3 is 4. The molecular weight excluding hydrogens is 480 g/mol. The highest BCUT2D eigenvalue weighted by molar-refractivity contribution is 9.09. The third kappa shape index (κ3) is 3.98. The molecule has 1 aromatic carbocycles. The molecule has 0 amide bonds. The van der Waals surface area contributed by atoms with Gasteiger partial charge in [0.15, 0.2) is 11.5 Å². The lowest BCUT2D eigenvalue weighted by Gasteiger charge is -2.47. The van der Waals surface area contributed by atoms with Crippen LogP contribution in [-0.4, -0.2) is 57.2 Å². The number of alkyl halides is 1. The Morgan fingerprint density at radius 3 is 2.50 bits per heavy atom. The van der Waals surface area contributed by atoms with E-state index in [1.807, 2.05) is 24.3 Å². The fraction of sp³-hybridized carbons (Fsp3) is 0.542. The first-order valence-electron chi connectivity index (χ1n) is 10.4. The van der Waals surface area contributed by atoms with Crippen molar-refractivity contribution in [3.8, 4) is 11.5 Å². The van der Waals surface area contributed by atoms with E-state index in [0.717, 1.165) is 11.1 Å². The van der Waals surface area contributed by atoms with Gasteiger partial charge >= 0.3 is 5.97 Å². The van der Waals surface area contributed by atoms with Crippen LogP contribution in [0.4, 0.5) is 0 Å². The largest absolute Gasteiger partial charge is 0.493 e. The molecule has 8 heteroatoms. The summed E-state index contributed by atoms with van der Waals surface area (Å²) in [5.74, 6) is -0.388. The predicted octanol–water partition coefficient (Wildman–Crippen LogP) is 4.35. The van der Waals surface area contributed by atoms with Gasteiger partial charge in [0.25, 0.3) is 0 Å². The number of fused-ring (bicyclic) bond motifs is 1. The van der Waals surface area contributed by atoms with Crippen molar-refractivity contribution in [2.75, 3.05) is 33.8 Å². The number of esters is 1. The van der Waals surface area contributed by atoms with Crippen molar-refractivity contribution in [3.05, 3.63) is 48.1 Å². The van der Waals surface area contributed by atoms with Crippen LogP contribution in [-0.2, 0) is 23.7 Å². The molecule has 5 atom stereocenters. The van der Waals surface area contributed by atoms with Crippen molar-refractivity contribution in [2.45, 2.75) is 43.4 Å². The lowest BCUT2D eigenvalue weighted by molar-refractivity contribution is -0.287. The van der Waals surface area contributed by atoms with Crippen molar-refractivity contribution in [3.63, 3.8) is 0 Å². The topological polar surface area (TPSA) is 72.5 Å². The number of carbonyl (C=O) groups excluding carboxylic acids is 1. The maximum absolute atomic E-state index is 12.1. The van der Waals surface area contributed by atoms with E-state index in [1.54, 1.807) is 34.5 Å². The summed E-state index contributed by atoms with van der Waals surface area (Å²) in [5.41, 5.74) is 0.923. The molecule has 0 spiro atoms. The molecule has 7 nitrogen and oxygen atoms in total. The van der Waals surface area contributed by atoms with Gasteiger partial charge in [-0.25, -0.2) is 0 Å². The van der Waals surface area contributed by atoms with Crippen LogP contribution in [0.5, 0.6) is 11.5 Å². The van der Waals surface area contributed by atoms with Gasteiger partial charge in [-0.2, -0.15) is 0 Å². The highest BCUT2D eigenvalue weighted by Crippen LogP contribution is 2.58. The van der Waals surface area contributed by atoms with E-state index in [0.29, 0.717) is 24.3 Å². The Kier molecular flexibility index (Phi) is 7.70. The molecule has 1 fully saturated rings. The molecule has 32 heavy (non-hydrogen) atoms. The van der Waals surface area contributed by atoms with Gasteiger partial charge < -0.3 is 28.4 Å². The molecule has 1 heterocycles. The van der Waals surface area contributed by atoms with Crippen molar-refractivity contribution >= 4 is 21.9 Å². The summed E-state index contributed by atoms with van der Waals surface area (Å²) in [6, 6.07) is 5.70. The summed E-state index contributed by atoms with van der Waals surface area (Å²) in [6.45, 7) is 5.93. The van der Waals surface area contributed by atoms with Gasteiger partial charge in [0.05, 0.1) is 20.3 Å². The van der Waals surface area contributed by atoms with Crippen molar-refractivity contribution in [1.82, 2.24) is 0 Å². The lowest BCUT2D eigenvalue weighted by atomic mass is 9.72. The number of ether oxygens (including phenoxy) is 6. The van der Waals surface area contributed by atoms with E-state index in [2.05, 4.69) is 29.4 Å². The molecule has 1 unspecified atom stereocenters. The Morgan fingerprint density at radius 1 is 1.22 bits per heavy atom.